The number of carbonyl (C=O) groups excluding carboxylic acids is 2. The van der Waals surface area contributed by atoms with Gasteiger partial charge in [0.15, 0.2) is 6.61 Å². The molecule has 2 aromatic carbocycles. The van der Waals surface area contributed by atoms with Gasteiger partial charge in [0.05, 0.1) is 0 Å². The van der Waals surface area contributed by atoms with Gasteiger partial charge in [0, 0.05) is 10.7 Å². The third-order valence-corrected chi connectivity index (χ3v) is 4.06. The summed E-state index contributed by atoms with van der Waals surface area (Å²) in [6, 6.07) is 13.6. The van der Waals surface area contributed by atoms with Crippen LogP contribution >= 0.6 is 11.6 Å². The average molecular weight is 375 g/mol. The standard InChI is InChI=1S/C20H23ClN2O3/c1-13(2)19(20(25)22-17-10-9-15(21)11-14(17)3)23-18(24)12-26-16-7-5-4-6-8-16/h4-11,13,19H,12H2,1-3H3,(H,22,25)(H,23,24). The number of benzene rings is 2. The Bertz CT molecular complexity index is 763. The Balaban J connectivity index is 1.96. The number of para-hydroxylation sites is 1. The number of halogens is 1. The molecule has 5 nitrogen and oxygen atoms in total. The fraction of sp³-hybridized carbons (Fsp3) is 0.300. The second-order valence-electron chi connectivity index (χ2n) is 6.34. The minimum atomic E-state index is -0.669. The molecule has 0 radical (unpaired) electrons. The zero-order valence-corrected chi connectivity index (χ0v) is 15.8. The van der Waals surface area contributed by atoms with Crippen molar-refractivity contribution < 1.29 is 14.3 Å². The highest BCUT2D eigenvalue weighted by molar-refractivity contribution is 6.30. The lowest BCUT2D eigenvalue weighted by atomic mass is 10.0. The van der Waals surface area contributed by atoms with Gasteiger partial charge in [0.2, 0.25) is 5.91 Å². The number of aryl methyl sites for hydroxylation is 1. The largest absolute Gasteiger partial charge is 0.484 e. The summed E-state index contributed by atoms with van der Waals surface area (Å²) in [6.45, 7) is 5.45. The first kappa shape index (κ1) is 19.8. The molecule has 2 N–H and O–H groups in total. The highest BCUT2D eigenvalue weighted by atomic mass is 35.5. The van der Waals surface area contributed by atoms with Crippen molar-refractivity contribution in [2.45, 2.75) is 26.8 Å². The second-order valence-corrected chi connectivity index (χ2v) is 6.78. The minimum absolute atomic E-state index is 0.0803. The van der Waals surface area contributed by atoms with E-state index in [0.29, 0.717) is 16.5 Å². The Hall–Kier alpha value is -2.53. The summed E-state index contributed by atoms with van der Waals surface area (Å²) >= 11 is 5.94. The number of anilines is 1. The molecule has 138 valence electrons. The van der Waals surface area contributed by atoms with Crippen molar-refractivity contribution in [2.24, 2.45) is 5.92 Å². The smallest absolute Gasteiger partial charge is 0.258 e. The number of ether oxygens (including phenoxy) is 1. The van der Waals surface area contributed by atoms with Crippen LogP contribution in [0.25, 0.3) is 0 Å². The van der Waals surface area contributed by atoms with Gasteiger partial charge in [-0.1, -0.05) is 43.6 Å². The van der Waals surface area contributed by atoms with Crippen LogP contribution < -0.4 is 15.4 Å². The lowest BCUT2D eigenvalue weighted by Gasteiger charge is -2.22. The quantitative estimate of drug-likeness (QED) is 0.774. The summed E-state index contributed by atoms with van der Waals surface area (Å²) in [5.74, 6) is -0.109. The molecule has 0 heterocycles. The van der Waals surface area contributed by atoms with Crippen LogP contribution in [0.15, 0.2) is 48.5 Å². The predicted octanol–water partition coefficient (Wildman–Crippen LogP) is 3.81. The van der Waals surface area contributed by atoms with Crippen LogP contribution in [-0.2, 0) is 9.59 Å². The molecule has 0 saturated heterocycles. The van der Waals surface area contributed by atoms with Crippen molar-refractivity contribution >= 4 is 29.1 Å². The van der Waals surface area contributed by atoms with E-state index in [0.717, 1.165) is 5.56 Å². The summed E-state index contributed by atoms with van der Waals surface area (Å²) in [4.78, 5) is 24.8. The van der Waals surface area contributed by atoms with Crippen molar-refractivity contribution in [3.63, 3.8) is 0 Å². The minimum Gasteiger partial charge on any atom is -0.484 e. The van der Waals surface area contributed by atoms with E-state index in [9.17, 15) is 9.59 Å². The predicted molar refractivity (Wildman–Crippen MR) is 104 cm³/mol. The van der Waals surface area contributed by atoms with Gasteiger partial charge in [-0.3, -0.25) is 9.59 Å². The molecule has 0 spiro atoms. The van der Waals surface area contributed by atoms with Crippen LogP contribution in [0.2, 0.25) is 5.02 Å². The van der Waals surface area contributed by atoms with E-state index in [1.54, 1.807) is 30.3 Å². The molecule has 0 aliphatic rings. The van der Waals surface area contributed by atoms with Crippen molar-refractivity contribution in [1.82, 2.24) is 5.32 Å². The van der Waals surface area contributed by atoms with Gasteiger partial charge in [0.25, 0.3) is 5.91 Å². The third-order valence-electron chi connectivity index (χ3n) is 3.83. The van der Waals surface area contributed by atoms with E-state index in [2.05, 4.69) is 10.6 Å². The summed E-state index contributed by atoms with van der Waals surface area (Å²) in [5, 5.41) is 6.18. The molecule has 2 rings (SSSR count). The number of hydrogen-bond donors (Lipinski definition) is 2. The summed E-state index contributed by atoms with van der Waals surface area (Å²) in [6.07, 6.45) is 0. The van der Waals surface area contributed by atoms with E-state index < -0.39 is 6.04 Å². The van der Waals surface area contributed by atoms with E-state index >= 15 is 0 Å². The van der Waals surface area contributed by atoms with E-state index in [-0.39, 0.29) is 24.3 Å². The molecule has 0 aliphatic carbocycles. The van der Waals surface area contributed by atoms with Crippen molar-refractivity contribution in [3.8, 4) is 5.75 Å². The highest BCUT2D eigenvalue weighted by Crippen LogP contribution is 2.20. The Morgan fingerprint density at radius 3 is 2.42 bits per heavy atom. The normalized spacial score (nSPS) is 11.7. The Kier molecular flexibility index (Phi) is 7.04. The molecule has 0 fully saturated rings. The summed E-state index contributed by atoms with van der Waals surface area (Å²) < 4.78 is 5.42. The molecule has 6 heteroatoms. The molecule has 1 atom stereocenters. The number of rotatable bonds is 7. The molecule has 0 saturated carbocycles. The van der Waals surface area contributed by atoms with Gasteiger partial charge in [-0.2, -0.15) is 0 Å². The second kappa shape index (κ2) is 9.25. The van der Waals surface area contributed by atoms with Gasteiger partial charge >= 0.3 is 0 Å². The van der Waals surface area contributed by atoms with Crippen LogP contribution in [0.4, 0.5) is 5.69 Å². The van der Waals surface area contributed by atoms with Gasteiger partial charge < -0.3 is 15.4 Å². The molecule has 26 heavy (non-hydrogen) atoms. The molecule has 0 aromatic heterocycles. The SMILES string of the molecule is Cc1cc(Cl)ccc1NC(=O)C(NC(=O)COc1ccccc1)C(C)C. The molecule has 2 aromatic rings. The average Bonchev–Trinajstić information content (AvgIpc) is 2.60. The lowest BCUT2D eigenvalue weighted by molar-refractivity contribution is -0.128. The van der Waals surface area contributed by atoms with Gasteiger partial charge in [0.1, 0.15) is 11.8 Å². The summed E-state index contributed by atoms with van der Waals surface area (Å²) in [7, 11) is 0. The first-order valence-corrected chi connectivity index (χ1v) is 8.79. The number of hydrogen-bond acceptors (Lipinski definition) is 3. The Morgan fingerprint density at radius 2 is 1.81 bits per heavy atom. The van der Waals surface area contributed by atoms with Gasteiger partial charge in [-0.05, 0) is 48.7 Å². The molecule has 2 amide bonds. The fourth-order valence-corrected chi connectivity index (χ4v) is 2.62. The fourth-order valence-electron chi connectivity index (χ4n) is 2.39. The molecule has 0 aliphatic heterocycles. The number of amides is 2. The monoisotopic (exact) mass is 374 g/mol. The van der Waals surface area contributed by atoms with Crippen LogP contribution in [0, 0.1) is 12.8 Å². The lowest BCUT2D eigenvalue weighted by Crippen LogP contribution is -2.48. The first-order valence-electron chi connectivity index (χ1n) is 8.41. The van der Waals surface area contributed by atoms with Crippen molar-refractivity contribution in [3.05, 3.63) is 59.1 Å². The van der Waals surface area contributed by atoms with Crippen LogP contribution in [-0.4, -0.2) is 24.5 Å². The maximum atomic E-state index is 12.6. The zero-order chi connectivity index (χ0) is 19.1. The van der Waals surface area contributed by atoms with Crippen LogP contribution in [0.1, 0.15) is 19.4 Å². The molecular formula is C20H23ClN2O3. The van der Waals surface area contributed by atoms with Gasteiger partial charge in [-0.25, -0.2) is 0 Å². The molecule has 0 bridgehead atoms. The van der Waals surface area contributed by atoms with Crippen LogP contribution in [0.3, 0.4) is 0 Å². The topological polar surface area (TPSA) is 67.4 Å². The Labute approximate surface area is 158 Å². The highest BCUT2D eigenvalue weighted by Gasteiger charge is 2.24. The number of carbonyl (C=O) groups is 2. The van der Waals surface area contributed by atoms with E-state index in [1.165, 1.54) is 0 Å². The third kappa shape index (κ3) is 5.77. The van der Waals surface area contributed by atoms with E-state index in [4.69, 9.17) is 16.3 Å². The van der Waals surface area contributed by atoms with Crippen molar-refractivity contribution in [2.75, 3.05) is 11.9 Å². The number of nitrogens with one attached hydrogen (secondary N) is 2. The molecule has 1 unspecified atom stereocenters. The maximum absolute atomic E-state index is 12.6. The molecular weight excluding hydrogens is 352 g/mol. The Morgan fingerprint density at radius 1 is 1.12 bits per heavy atom. The summed E-state index contributed by atoms with van der Waals surface area (Å²) in [5.41, 5.74) is 1.52. The van der Waals surface area contributed by atoms with Crippen molar-refractivity contribution in [1.29, 1.82) is 0 Å². The van der Waals surface area contributed by atoms with E-state index in [1.807, 2.05) is 39.0 Å². The van der Waals surface area contributed by atoms with Gasteiger partial charge in [-0.15, -0.1) is 0 Å². The first-order chi connectivity index (χ1) is 12.4. The maximum Gasteiger partial charge on any atom is 0.258 e. The zero-order valence-electron chi connectivity index (χ0n) is 15.1. The van der Waals surface area contributed by atoms with Crippen LogP contribution in [0.5, 0.6) is 5.75 Å².